The van der Waals surface area contributed by atoms with Gasteiger partial charge < -0.3 is 4.52 Å². The number of halogens is 3. The van der Waals surface area contributed by atoms with Crippen molar-refractivity contribution < 1.29 is 13.7 Å². The number of aromatic nitrogens is 3. The first kappa shape index (κ1) is 17.7. The fraction of sp³-hybridized carbons (Fsp3) is 0.105. The number of hydrogen-bond donors (Lipinski definition) is 0. The van der Waals surface area contributed by atoms with Crippen LogP contribution in [-0.4, -0.2) is 20.8 Å². The number of carbonyl (C=O) groups is 1. The van der Waals surface area contributed by atoms with Crippen LogP contribution in [0.1, 0.15) is 21.8 Å². The molecule has 4 aromatic rings. The molecule has 0 amide bonds. The molecule has 0 saturated carbocycles. The fourth-order valence-electron chi connectivity index (χ4n) is 3.08. The highest BCUT2D eigenvalue weighted by atomic mass is 35.5. The van der Waals surface area contributed by atoms with Gasteiger partial charge in [-0.1, -0.05) is 40.5 Å². The Morgan fingerprint density at radius 3 is 2.48 bits per heavy atom. The molecular formula is C19H12Cl2FN3O2. The molecule has 2 aromatic heterocycles. The summed E-state index contributed by atoms with van der Waals surface area (Å²) in [5.74, 6) is -0.674. The number of benzene rings is 2. The lowest BCUT2D eigenvalue weighted by Crippen LogP contribution is -2.15. The van der Waals surface area contributed by atoms with E-state index in [2.05, 4.69) is 10.3 Å². The third kappa shape index (κ3) is 2.72. The summed E-state index contributed by atoms with van der Waals surface area (Å²) in [5.41, 5.74) is 1.53. The lowest BCUT2D eigenvalue weighted by molar-refractivity contribution is 0.0949. The summed E-state index contributed by atoms with van der Waals surface area (Å²) < 4.78 is 20.5. The molecule has 0 spiro atoms. The molecule has 136 valence electrons. The van der Waals surface area contributed by atoms with Crippen LogP contribution in [0.3, 0.4) is 0 Å². The standard InChI is InChI=1S/C19H12Cl2FN3O2/c1-9-15-13(22)7-4-8-14(15)25(23-9)19(26)16-10(2)27-24-18(16)17-11(20)5-3-6-12(17)21/h3-8H,1-2H3. The Balaban J connectivity index is 1.95. The zero-order valence-corrected chi connectivity index (χ0v) is 15.8. The van der Waals surface area contributed by atoms with Gasteiger partial charge in [-0.05, 0) is 38.1 Å². The number of hydrogen-bond acceptors (Lipinski definition) is 4. The molecule has 0 aliphatic heterocycles. The van der Waals surface area contributed by atoms with Gasteiger partial charge in [-0.2, -0.15) is 9.78 Å². The maximum Gasteiger partial charge on any atom is 0.284 e. The molecule has 0 unspecified atom stereocenters. The second-order valence-corrected chi connectivity index (χ2v) is 6.81. The third-order valence-corrected chi connectivity index (χ3v) is 4.93. The van der Waals surface area contributed by atoms with E-state index in [1.807, 2.05) is 0 Å². The molecule has 0 aliphatic rings. The minimum Gasteiger partial charge on any atom is -0.360 e. The Morgan fingerprint density at radius 2 is 1.78 bits per heavy atom. The highest BCUT2D eigenvalue weighted by molar-refractivity contribution is 6.39. The highest BCUT2D eigenvalue weighted by Gasteiger charge is 2.28. The second kappa shape index (κ2) is 6.48. The van der Waals surface area contributed by atoms with E-state index >= 15 is 0 Å². The Morgan fingerprint density at radius 1 is 1.11 bits per heavy atom. The van der Waals surface area contributed by atoms with E-state index in [1.54, 1.807) is 38.1 Å². The van der Waals surface area contributed by atoms with Gasteiger partial charge in [0.15, 0.2) is 0 Å². The minimum atomic E-state index is -0.511. The smallest absolute Gasteiger partial charge is 0.284 e. The van der Waals surface area contributed by atoms with Crippen LogP contribution in [0.5, 0.6) is 0 Å². The average molecular weight is 404 g/mol. The number of fused-ring (bicyclic) bond motifs is 1. The molecule has 2 heterocycles. The monoisotopic (exact) mass is 403 g/mol. The van der Waals surface area contributed by atoms with Crippen LogP contribution in [0, 0.1) is 19.7 Å². The predicted molar refractivity (Wildman–Crippen MR) is 101 cm³/mol. The van der Waals surface area contributed by atoms with Gasteiger partial charge in [-0.15, -0.1) is 0 Å². The first-order valence-corrected chi connectivity index (χ1v) is 8.75. The van der Waals surface area contributed by atoms with E-state index in [9.17, 15) is 9.18 Å². The minimum absolute atomic E-state index is 0.165. The summed E-state index contributed by atoms with van der Waals surface area (Å²) >= 11 is 12.5. The van der Waals surface area contributed by atoms with Gasteiger partial charge >= 0.3 is 0 Å². The van der Waals surface area contributed by atoms with Gasteiger partial charge in [0, 0.05) is 5.56 Å². The SMILES string of the molecule is Cc1onc(-c2c(Cl)cccc2Cl)c1C(=O)n1nc(C)c2c(F)cccc21. The molecule has 0 fully saturated rings. The number of aryl methyl sites for hydroxylation is 2. The molecule has 0 atom stereocenters. The van der Waals surface area contributed by atoms with E-state index in [0.29, 0.717) is 26.8 Å². The summed E-state index contributed by atoms with van der Waals surface area (Å²) in [7, 11) is 0. The van der Waals surface area contributed by atoms with Gasteiger partial charge in [0.05, 0.1) is 26.6 Å². The van der Waals surface area contributed by atoms with E-state index in [-0.39, 0.29) is 22.4 Å². The first-order valence-electron chi connectivity index (χ1n) is 7.99. The van der Waals surface area contributed by atoms with E-state index < -0.39 is 11.7 Å². The number of rotatable bonds is 2. The summed E-state index contributed by atoms with van der Waals surface area (Å²) in [5, 5.41) is 9.15. The normalized spacial score (nSPS) is 11.3. The second-order valence-electron chi connectivity index (χ2n) is 6.00. The summed E-state index contributed by atoms with van der Waals surface area (Å²) in [6.07, 6.45) is 0. The van der Waals surface area contributed by atoms with Crippen LogP contribution in [0.15, 0.2) is 40.9 Å². The maximum atomic E-state index is 14.2. The van der Waals surface area contributed by atoms with E-state index in [4.69, 9.17) is 27.7 Å². The van der Waals surface area contributed by atoms with Crippen LogP contribution >= 0.6 is 23.2 Å². The molecule has 0 saturated heterocycles. The van der Waals surface area contributed by atoms with Crippen molar-refractivity contribution in [1.82, 2.24) is 14.9 Å². The molecule has 0 aliphatic carbocycles. The predicted octanol–water partition coefficient (Wildman–Crippen LogP) is 5.44. The highest BCUT2D eigenvalue weighted by Crippen LogP contribution is 2.37. The molecular weight excluding hydrogens is 392 g/mol. The van der Waals surface area contributed by atoms with Crippen LogP contribution in [0.25, 0.3) is 22.2 Å². The molecule has 5 nitrogen and oxygen atoms in total. The van der Waals surface area contributed by atoms with Crippen molar-refractivity contribution in [2.45, 2.75) is 13.8 Å². The molecule has 2 aromatic carbocycles. The van der Waals surface area contributed by atoms with Crippen molar-refractivity contribution in [3.05, 3.63) is 69.3 Å². The zero-order chi connectivity index (χ0) is 19.3. The first-order chi connectivity index (χ1) is 12.9. The van der Waals surface area contributed by atoms with Crippen molar-refractivity contribution in [2.75, 3.05) is 0 Å². The van der Waals surface area contributed by atoms with Gasteiger partial charge in [0.2, 0.25) is 0 Å². The van der Waals surface area contributed by atoms with Crippen LogP contribution in [-0.2, 0) is 0 Å². The largest absolute Gasteiger partial charge is 0.360 e. The van der Waals surface area contributed by atoms with Crippen molar-refractivity contribution in [1.29, 1.82) is 0 Å². The summed E-state index contributed by atoms with van der Waals surface area (Å²) in [6, 6.07) is 9.45. The molecule has 0 radical (unpaired) electrons. The maximum absolute atomic E-state index is 14.2. The quantitative estimate of drug-likeness (QED) is 0.446. The van der Waals surface area contributed by atoms with Gasteiger partial charge in [-0.25, -0.2) is 4.39 Å². The molecule has 27 heavy (non-hydrogen) atoms. The Bertz CT molecular complexity index is 1190. The lowest BCUT2D eigenvalue weighted by Gasteiger charge is -2.07. The Hall–Kier alpha value is -2.70. The number of nitrogens with zero attached hydrogens (tertiary/aromatic N) is 3. The summed E-state index contributed by atoms with van der Waals surface area (Å²) in [6.45, 7) is 3.25. The molecule has 0 bridgehead atoms. The van der Waals surface area contributed by atoms with Crippen LogP contribution in [0.4, 0.5) is 4.39 Å². The van der Waals surface area contributed by atoms with Crippen molar-refractivity contribution in [3.8, 4) is 11.3 Å². The number of carbonyl (C=O) groups excluding carboxylic acids is 1. The summed E-state index contributed by atoms with van der Waals surface area (Å²) in [4.78, 5) is 13.3. The van der Waals surface area contributed by atoms with Crippen molar-refractivity contribution in [2.24, 2.45) is 0 Å². The third-order valence-electron chi connectivity index (χ3n) is 4.30. The lowest BCUT2D eigenvalue weighted by atomic mass is 10.1. The Labute approximate surface area is 163 Å². The van der Waals surface area contributed by atoms with Gasteiger partial charge in [0.25, 0.3) is 5.91 Å². The van der Waals surface area contributed by atoms with Gasteiger partial charge in [0.1, 0.15) is 22.8 Å². The van der Waals surface area contributed by atoms with E-state index in [0.717, 1.165) is 4.68 Å². The Kier molecular flexibility index (Phi) is 4.25. The van der Waals surface area contributed by atoms with Crippen LogP contribution < -0.4 is 0 Å². The molecule has 8 heteroatoms. The van der Waals surface area contributed by atoms with E-state index in [1.165, 1.54) is 12.1 Å². The van der Waals surface area contributed by atoms with Gasteiger partial charge in [-0.3, -0.25) is 4.79 Å². The topological polar surface area (TPSA) is 60.9 Å². The zero-order valence-electron chi connectivity index (χ0n) is 14.3. The van der Waals surface area contributed by atoms with Crippen LogP contribution in [0.2, 0.25) is 10.0 Å². The average Bonchev–Trinajstić information content (AvgIpc) is 3.16. The van der Waals surface area contributed by atoms with Crippen molar-refractivity contribution >= 4 is 40.0 Å². The van der Waals surface area contributed by atoms with Crippen molar-refractivity contribution in [3.63, 3.8) is 0 Å². The molecule has 4 rings (SSSR count). The fourth-order valence-corrected chi connectivity index (χ4v) is 3.66. The molecule has 0 N–H and O–H groups in total.